The van der Waals surface area contributed by atoms with E-state index in [4.69, 9.17) is 0 Å². The summed E-state index contributed by atoms with van der Waals surface area (Å²) in [6.45, 7) is 4.30. The summed E-state index contributed by atoms with van der Waals surface area (Å²) in [6.07, 6.45) is 2.57. The molecule has 1 aromatic rings. The molecule has 0 unspecified atom stereocenters. The van der Waals surface area contributed by atoms with Crippen molar-refractivity contribution >= 4 is 11.8 Å². The molecule has 0 atom stereocenters. The van der Waals surface area contributed by atoms with Gasteiger partial charge in [0.05, 0.1) is 6.54 Å². The molecule has 5 heteroatoms. The summed E-state index contributed by atoms with van der Waals surface area (Å²) in [5.41, 5.74) is 1.62. The predicted octanol–water partition coefficient (Wildman–Crippen LogP) is 1.05. The maximum absolute atomic E-state index is 11.6. The molecule has 0 bridgehead atoms. The molecule has 1 aliphatic carbocycles. The van der Waals surface area contributed by atoms with Crippen molar-refractivity contribution in [3.8, 4) is 0 Å². The highest BCUT2D eigenvalue weighted by molar-refractivity contribution is 5.94. The molecule has 1 fully saturated rings. The van der Waals surface area contributed by atoms with Crippen molar-refractivity contribution in [2.75, 3.05) is 19.6 Å². The van der Waals surface area contributed by atoms with E-state index in [2.05, 4.69) is 16.0 Å². The lowest BCUT2D eigenvalue weighted by Gasteiger charge is -2.07. The maximum atomic E-state index is 11.6. The lowest BCUT2D eigenvalue weighted by Crippen LogP contribution is -2.34. The largest absolute Gasteiger partial charge is 0.352 e. The first-order valence-electron chi connectivity index (χ1n) is 7.53. The third-order valence-electron chi connectivity index (χ3n) is 3.46. The number of benzene rings is 1. The Kier molecular flexibility index (Phi) is 5.75. The van der Waals surface area contributed by atoms with Crippen LogP contribution < -0.4 is 16.0 Å². The van der Waals surface area contributed by atoms with Gasteiger partial charge in [0.1, 0.15) is 0 Å². The van der Waals surface area contributed by atoms with Crippen LogP contribution in [0.2, 0.25) is 0 Å². The molecule has 0 spiro atoms. The number of amides is 2. The van der Waals surface area contributed by atoms with Gasteiger partial charge < -0.3 is 16.0 Å². The van der Waals surface area contributed by atoms with Crippen LogP contribution in [0.1, 0.15) is 35.7 Å². The van der Waals surface area contributed by atoms with Gasteiger partial charge in [-0.15, -0.1) is 0 Å². The monoisotopic (exact) mass is 289 g/mol. The standard InChI is InChI=1S/C16H23N3O2/c1-2-18-16(21)14-7-5-13(6-8-14)10-19-15(20)11-17-9-12-3-4-12/h5-8,12,17H,2-4,9-11H2,1H3,(H,18,21)(H,19,20). The number of nitrogens with one attached hydrogen (secondary N) is 3. The van der Waals surface area contributed by atoms with Crippen molar-refractivity contribution in [2.24, 2.45) is 5.92 Å². The highest BCUT2D eigenvalue weighted by Gasteiger charge is 2.20. The molecule has 0 radical (unpaired) electrons. The zero-order chi connectivity index (χ0) is 15.1. The van der Waals surface area contributed by atoms with Gasteiger partial charge in [0.2, 0.25) is 5.91 Å². The second kappa shape index (κ2) is 7.78. The minimum atomic E-state index is -0.0719. The van der Waals surface area contributed by atoms with E-state index in [0.717, 1.165) is 18.0 Å². The van der Waals surface area contributed by atoms with E-state index < -0.39 is 0 Å². The molecule has 1 saturated carbocycles. The zero-order valence-corrected chi connectivity index (χ0v) is 12.4. The Bertz CT molecular complexity index is 481. The van der Waals surface area contributed by atoms with Crippen LogP contribution in [0.4, 0.5) is 0 Å². The summed E-state index contributed by atoms with van der Waals surface area (Å²) in [5, 5.41) is 8.77. The molecule has 0 aromatic heterocycles. The number of hydrogen-bond donors (Lipinski definition) is 3. The summed E-state index contributed by atoms with van der Waals surface area (Å²) in [6, 6.07) is 7.28. The van der Waals surface area contributed by atoms with Crippen molar-refractivity contribution < 1.29 is 9.59 Å². The van der Waals surface area contributed by atoms with Crippen molar-refractivity contribution in [3.05, 3.63) is 35.4 Å². The molecular weight excluding hydrogens is 266 g/mol. The van der Waals surface area contributed by atoms with Gasteiger partial charge in [-0.05, 0) is 49.9 Å². The summed E-state index contributed by atoms with van der Waals surface area (Å²) >= 11 is 0. The highest BCUT2D eigenvalue weighted by atomic mass is 16.2. The molecule has 114 valence electrons. The average Bonchev–Trinajstić information content (AvgIpc) is 3.30. The third kappa shape index (κ3) is 5.55. The molecule has 1 aromatic carbocycles. The Morgan fingerprint density at radius 1 is 1.14 bits per heavy atom. The van der Waals surface area contributed by atoms with E-state index in [-0.39, 0.29) is 11.8 Å². The highest BCUT2D eigenvalue weighted by Crippen LogP contribution is 2.27. The van der Waals surface area contributed by atoms with E-state index >= 15 is 0 Å². The topological polar surface area (TPSA) is 70.2 Å². The van der Waals surface area contributed by atoms with E-state index in [1.54, 1.807) is 12.1 Å². The third-order valence-corrected chi connectivity index (χ3v) is 3.46. The molecule has 0 aliphatic heterocycles. The number of carbonyl (C=O) groups is 2. The molecule has 1 aliphatic rings. The molecule has 21 heavy (non-hydrogen) atoms. The van der Waals surface area contributed by atoms with Crippen LogP contribution in [0.15, 0.2) is 24.3 Å². The van der Waals surface area contributed by atoms with Gasteiger partial charge >= 0.3 is 0 Å². The molecule has 0 saturated heterocycles. The van der Waals surface area contributed by atoms with Crippen LogP contribution in [0.25, 0.3) is 0 Å². The van der Waals surface area contributed by atoms with Gasteiger partial charge in [-0.25, -0.2) is 0 Å². The van der Waals surface area contributed by atoms with Crippen LogP contribution in [-0.4, -0.2) is 31.4 Å². The minimum absolute atomic E-state index is 0.00320. The van der Waals surface area contributed by atoms with Crippen molar-refractivity contribution in [3.63, 3.8) is 0 Å². The number of hydrogen-bond acceptors (Lipinski definition) is 3. The normalized spacial score (nSPS) is 13.8. The quantitative estimate of drug-likeness (QED) is 0.670. The van der Waals surface area contributed by atoms with Crippen LogP contribution in [0, 0.1) is 5.92 Å². The number of carbonyl (C=O) groups excluding carboxylic acids is 2. The lowest BCUT2D eigenvalue weighted by molar-refractivity contribution is -0.120. The second-order valence-corrected chi connectivity index (χ2v) is 5.41. The van der Waals surface area contributed by atoms with Crippen LogP contribution in [-0.2, 0) is 11.3 Å². The second-order valence-electron chi connectivity index (χ2n) is 5.41. The van der Waals surface area contributed by atoms with E-state index in [1.165, 1.54) is 12.8 Å². The Labute approximate surface area is 125 Å². The van der Waals surface area contributed by atoms with Crippen LogP contribution >= 0.6 is 0 Å². The fraction of sp³-hybridized carbons (Fsp3) is 0.500. The Balaban J connectivity index is 1.69. The summed E-state index contributed by atoms with van der Waals surface area (Å²) in [7, 11) is 0. The molecule has 2 amide bonds. The fourth-order valence-electron chi connectivity index (χ4n) is 2.01. The number of rotatable bonds is 8. The summed E-state index contributed by atoms with van der Waals surface area (Å²) < 4.78 is 0. The SMILES string of the molecule is CCNC(=O)c1ccc(CNC(=O)CNCC2CC2)cc1. The van der Waals surface area contributed by atoms with Gasteiger partial charge in [-0.3, -0.25) is 9.59 Å². The van der Waals surface area contributed by atoms with E-state index in [9.17, 15) is 9.59 Å². The summed E-state index contributed by atoms with van der Waals surface area (Å²) in [5.74, 6) is 0.709. The molecule has 2 rings (SSSR count). The Morgan fingerprint density at radius 3 is 2.48 bits per heavy atom. The average molecular weight is 289 g/mol. The molecule has 3 N–H and O–H groups in total. The van der Waals surface area contributed by atoms with Crippen molar-refractivity contribution in [2.45, 2.75) is 26.3 Å². The molecule has 0 heterocycles. The maximum Gasteiger partial charge on any atom is 0.251 e. The van der Waals surface area contributed by atoms with Crippen molar-refractivity contribution in [1.29, 1.82) is 0 Å². The van der Waals surface area contributed by atoms with Gasteiger partial charge in [-0.2, -0.15) is 0 Å². The minimum Gasteiger partial charge on any atom is -0.352 e. The Hall–Kier alpha value is -1.88. The first-order valence-corrected chi connectivity index (χ1v) is 7.53. The molecular formula is C16H23N3O2. The van der Waals surface area contributed by atoms with Gasteiger partial charge in [-0.1, -0.05) is 12.1 Å². The van der Waals surface area contributed by atoms with Gasteiger partial charge in [0.15, 0.2) is 0 Å². The Morgan fingerprint density at radius 2 is 1.86 bits per heavy atom. The van der Waals surface area contributed by atoms with Gasteiger partial charge in [0, 0.05) is 18.7 Å². The fourth-order valence-corrected chi connectivity index (χ4v) is 2.01. The molecule has 5 nitrogen and oxygen atoms in total. The van der Waals surface area contributed by atoms with Crippen molar-refractivity contribution in [1.82, 2.24) is 16.0 Å². The van der Waals surface area contributed by atoms with Crippen LogP contribution in [0.5, 0.6) is 0 Å². The smallest absolute Gasteiger partial charge is 0.251 e. The van der Waals surface area contributed by atoms with Crippen LogP contribution in [0.3, 0.4) is 0 Å². The lowest BCUT2D eigenvalue weighted by atomic mass is 10.1. The first-order chi connectivity index (χ1) is 10.2. The summed E-state index contributed by atoms with van der Waals surface area (Å²) in [4.78, 5) is 23.3. The van der Waals surface area contributed by atoms with E-state index in [1.807, 2.05) is 19.1 Å². The zero-order valence-electron chi connectivity index (χ0n) is 12.4. The first kappa shape index (κ1) is 15.5. The van der Waals surface area contributed by atoms with E-state index in [0.29, 0.717) is 25.2 Å². The predicted molar refractivity (Wildman–Crippen MR) is 81.9 cm³/mol. The van der Waals surface area contributed by atoms with Gasteiger partial charge in [0.25, 0.3) is 5.91 Å².